The predicted molar refractivity (Wildman–Crippen MR) is 80.3 cm³/mol. The first kappa shape index (κ1) is 13.9. The summed E-state index contributed by atoms with van der Waals surface area (Å²) in [5.74, 6) is -0.0771. The van der Waals surface area contributed by atoms with Crippen LogP contribution in [0, 0.1) is 6.92 Å². The van der Waals surface area contributed by atoms with Gasteiger partial charge in [-0.05, 0) is 53.4 Å². The van der Waals surface area contributed by atoms with Gasteiger partial charge in [-0.1, -0.05) is 24.3 Å². The lowest BCUT2D eigenvalue weighted by molar-refractivity contribution is 0.0935. The second kappa shape index (κ2) is 6.06. The number of rotatable bonds is 4. The van der Waals surface area contributed by atoms with Crippen LogP contribution in [0.1, 0.15) is 28.5 Å². The Hall–Kier alpha value is -1.55. The molecule has 0 saturated heterocycles. The molecule has 0 saturated carbocycles. The number of halogens is 1. The first-order valence-electron chi connectivity index (χ1n) is 6.25. The molecule has 0 radical (unpaired) electrons. The van der Waals surface area contributed by atoms with Gasteiger partial charge in [0.2, 0.25) is 0 Å². The first-order valence-corrected chi connectivity index (χ1v) is 7.05. The van der Waals surface area contributed by atoms with Gasteiger partial charge in [0.15, 0.2) is 0 Å². The summed E-state index contributed by atoms with van der Waals surface area (Å²) in [6, 6.07) is 10.1. The van der Waals surface area contributed by atoms with E-state index in [1.54, 1.807) is 12.3 Å². The van der Waals surface area contributed by atoms with Crippen LogP contribution in [0.4, 0.5) is 0 Å². The van der Waals surface area contributed by atoms with E-state index in [4.69, 9.17) is 0 Å². The number of aromatic nitrogens is 1. The minimum Gasteiger partial charge on any atom is -0.356 e. The van der Waals surface area contributed by atoms with Crippen LogP contribution in [0.3, 0.4) is 0 Å². The fraction of sp³-hybridized carbons (Fsp3) is 0.267. The number of benzene rings is 1. The maximum Gasteiger partial charge on any atom is 0.267 e. The van der Waals surface area contributed by atoms with Crippen molar-refractivity contribution < 1.29 is 4.79 Å². The summed E-state index contributed by atoms with van der Waals surface area (Å²) in [7, 11) is 0. The van der Waals surface area contributed by atoms with Crippen molar-refractivity contribution in [3.8, 4) is 0 Å². The third-order valence-electron chi connectivity index (χ3n) is 3.06. The van der Waals surface area contributed by atoms with Crippen LogP contribution in [0.2, 0.25) is 0 Å². The average Bonchev–Trinajstić information content (AvgIpc) is 2.79. The van der Waals surface area contributed by atoms with Gasteiger partial charge in [0, 0.05) is 16.7 Å². The molecule has 1 unspecified atom stereocenters. The summed E-state index contributed by atoms with van der Waals surface area (Å²) < 4.78 is 0.879. The third kappa shape index (κ3) is 3.70. The molecular weight excluding hydrogens is 304 g/mol. The summed E-state index contributed by atoms with van der Waals surface area (Å²) in [4.78, 5) is 14.9. The highest BCUT2D eigenvalue weighted by molar-refractivity contribution is 9.10. The molecule has 0 fully saturated rings. The van der Waals surface area contributed by atoms with Crippen molar-refractivity contribution in [1.29, 1.82) is 0 Å². The fourth-order valence-electron chi connectivity index (χ4n) is 2.02. The molecule has 4 heteroatoms. The molecule has 100 valence electrons. The highest BCUT2D eigenvalue weighted by atomic mass is 79.9. The normalized spacial score (nSPS) is 12.2. The van der Waals surface area contributed by atoms with E-state index in [-0.39, 0.29) is 11.9 Å². The number of hydrogen-bond acceptors (Lipinski definition) is 1. The first-order chi connectivity index (χ1) is 9.06. The monoisotopic (exact) mass is 320 g/mol. The molecule has 2 N–H and O–H groups in total. The van der Waals surface area contributed by atoms with E-state index in [2.05, 4.69) is 45.3 Å². The molecule has 1 heterocycles. The van der Waals surface area contributed by atoms with E-state index in [0.717, 1.165) is 10.9 Å². The van der Waals surface area contributed by atoms with Crippen LogP contribution in [0.15, 0.2) is 41.0 Å². The van der Waals surface area contributed by atoms with E-state index in [9.17, 15) is 4.79 Å². The largest absolute Gasteiger partial charge is 0.356 e. The smallest absolute Gasteiger partial charge is 0.267 e. The van der Waals surface area contributed by atoms with Crippen molar-refractivity contribution in [2.75, 3.05) is 0 Å². The molecule has 0 bridgehead atoms. The number of nitrogens with one attached hydrogen (secondary N) is 2. The number of H-pyrrole nitrogens is 1. The number of aryl methyl sites for hydroxylation is 1. The molecule has 1 amide bonds. The number of amides is 1. The fourth-order valence-corrected chi connectivity index (χ4v) is 2.36. The molecule has 19 heavy (non-hydrogen) atoms. The Balaban J connectivity index is 1.96. The van der Waals surface area contributed by atoms with Gasteiger partial charge in [0.1, 0.15) is 5.69 Å². The summed E-state index contributed by atoms with van der Waals surface area (Å²) in [5.41, 5.74) is 3.10. The Morgan fingerprint density at radius 1 is 1.42 bits per heavy atom. The van der Waals surface area contributed by atoms with E-state index in [0.29, 0.717) is 5.69 Å². The Morgan fingerprint density at radius 3 is 2.79 bits per heavy atom. The van der Waals surface area contributed by atoms with Crippen LogP contribution in [-0.4, -0.2) is 16.9 Å². The molecular formula is C15H17BrN2O. The van der Waals surface area contributed by atoms with Crippen LogP contribution in [-0.2, 0) is 6.42 Å². The van der Waals surface area contributed by atoms with Gasteiger partial charge in [0.05, 0.1) is 0 Å². The van der Waals surface area contributed by atoms with Crippen molar-refractivity contribution in [3.63, 3.8) is 0 Å². The van der Waals surface area contributed by atoms with Crippen molar-refractivity contribution >= 4 is 21.8 Å². The summed E-state index contributed by atoms with van der Waals surface area (Å²) in [5, 5.41) is 2.99. The summed E-state index contributed by atoms with van der Waals surface area (Å²) >= 11 is 3.32. The lowest BCUT2D eigenvalue weighted by Gasteiger charge is -2.14. The van der Waals surface area contributed by atoms with Gasteiger partial charge in [-0.2, -0.15) is 0 Å². The van der Waals surface area contributed by atoms with Crippen LogP contribution >= 0.6 is 15.9 Å². The van der Waals surface area contributed by atoms with Crippen LogP contribution < -0.4 is 5.32 Å². The number of carbonyl (C=O) groups excluding carboxylic acids is 1. The maximum atomic E-state index is 12.0. The lowest BCUT2D eigenvalue weighted by atomic mass is 10.0. The molecule has 1 atom stereocenters. The minimum atomic E-state index is -0.0771. The zero-order valence-corrected chi connectivity index (χ0v) is 12.6. The molecule has 1 aromatic heterocycles. The molecule has 0 aliphatic rings. The Bertz CT molecular complexity index is 577. The van der Waals surface area contributed by atoms with Gasteiger partial charge in [0.25, 0.3) is 5.91 Å². The second-order valence-corrected chi connectivity index (χ2v) is 5.65. The van der Waals surface area contributed by atoms with Crippen molar-refractivity contribution in [2.24, 2.45) is 0 Å². The van der Waals surface area contributed by atoms with E-state index in [1.807, 2.05) is 19.1 Å². The molecule has 2 aromatic rings. The van der Waals surface area contributed by atoms with Crippen molar-refractivity contribution in [2.45, 2.75) is 26.3 Å². The molecule has 2 rings (SSSR count). The second-order valence-electron chi connectivity index (χ2n) is 4.74. The molecule has 0 aliphatic carbocycles. The summed E-state index contributed by atoms with van der Waals surface area (Å²) in [6.07, 6.45) is 2.58. The van der Waals surface area contributed by atoms with E-state index >= 15 is 0 Å². The SMILES string of the molecule is Cc1ccccc1CC(C)NC(=O)c1cc(Br)c[nH]1. The highest BCUT2D eigenvalue weighted by Gasteiger charge is 2.12. The van der Waals surface area contributed by atoms with Crippen LogP contribution in [0.5, 0.6) is 0 Å². The topological polar surface area (TPSA) is 44.9 Å². The molecule has 0 spiro atoms. The third-order valence-corrected chi connectivity index (χ3v) is 3.52. The Labute approximate surface area is 121 Å². The van der Waals surface area contributed by atoms with Gasteiger partial charge >= 0.3 is 0 Å². The van der Waals surface area contributed by atoms with Gasteiger partial charge in [-0.3, -0.25) is 4.79 Å². The quantitative estimate of drug-likeness (QED) is 0.890. The van der Waals surface area contributed by atoms with E-state index in [1.165, 1.54) is 11.1 Å². The number of hydrogen-bond donors (Lipinski definition) is 2. The molecule has 1 aromatic carbocycles. The Kier molecular flexibility index (Phi) is 4.43. The highest BCUT2D eigenvalue weighted by Crippen LogP contribution is 2.12. The standard InChI is InChI=1S/C15H17BrN2O/c1-10-5-3-4-6-12(10)7-11(2)18-15(19)14-8-13(16)9-17-14/h3-6,8-9,11,17H,7H2,1-2H3,(H,18,19). The number of carbonyl (C=O) groups is 1. The predicted octanol–water partition coefficient (Wildman–Crippen LogP) is 3.45. The summed E-state index contributed by atoms with van der Waals surface area (Å²) in [6.45, 7) is 4.11. The van der Waals surface area contributed by atoms with Gasteiger partial charge in [-0.25, -0.2) is 0 Å². The minimum absolute atomic E-state index is 0.0771. The lowest BCUT2D eigenvalue weighted by Crippen LogP contribution is -2.34. The maximum absolute atomic E-state index is 12.0. The zero-order valence-electron chi connectivity index (χ0n) is 11.0. The zero-order chi connectivity index (χ0) is 13.8. The van der Waals surface area contributed by atoms with E-state index < -0.39 is 0 Å². The van der Waals surface area contributed by atoms with Crippen molar-refractivity contribution in [1.82, 2.24) is 10.3 Å². The van der Waals surface area contributed by atoms with Crippen molar-refractivity contribution in [3.05, 3.63) is 57.8 Å². The van der Waals surface area contributed by atoms with Crippen LogP contribution in [0.25, 0.3) is 0 Å². The average molecular weight is 321 g/mol. The molecule has 3 nitrogen and oxygen atoms in total. The van der Waals surface area contributed by atoms with Gasteiger partial charge in [-0.15, -0.1) is 0 Å². The number of aromatic amines is 1. The molecule has 0 aliphatic heterocycles. The Morgan fingerprint density at radius 2 is 2.16 bits per heavy atom. The van der Waals surface area contributed by atoms with Gasteiger partial charge < -0.3 is 10.3 Å².